The maximum Gasteiger partial charge on any atom is 0.300 e. The van der Waals surface area contributed by atoms with Crippen molar-refractivity contribution in [1.82, 2.24) is 4.90 Å². The van der Waals surface area contributed by atoms with Crippen LogP contribution in [-0.4, -0.2) is 35.6 Å². The van der Waals surface area contributed by atoms with Gasteiger partial charge in [0, 0.05) is 13.5 Å². The van der Waals surface area contributed by atoms with Crippen LogP contribution < -0.4 is 0 Å². The molecule has 162 valence electrons. The van der Waals surface area contributed by atoms with E-state index in [1.54, 1.807) is 0 Å². The Labute approximate surface area is 170 Å². The minimum absolute atomic E-state index is 0.833. The number of aliphatic carboxylic acids is 1. The summed E-state index contributed by atoms with van der Waals surface area (Å²) in [4.78, 5) is 11.7. The number of carbonyl (C=O) groups is 1. The first-order chi connectivity index (χ1) is 13.1. The lowest BCUT2D eigenvalue weighted by Crippen LogP contribution is -2.34. The SMILES string of the molecule is CC(=O)O.CCCCCCCCCCCCCCCCN1CCCC(C)C1. The predicted molar refractivity (Wildman–Crippen MR) is 118 cm³/mol. The predicted octanol–water partition coefficient (Wildman–Crippen LogP) is 7.29. The van der Waals surface area contributed by atoms with E-state index in [1.165, 1.54) is 122 Å². The minimum Gasteiger partial charge on any atom is -0.481 e. The highest BCUT2D eigenvalue weighted by Crippen LogP contribution is 2.17. The second-order valence-corrected chi connectivity index (χ2v) is 8.66. The Bertz CT molecular complexity index is 316. The summed E-state index contributed by atoms with van der Waals surface area (Å²) in [5.41, 5.74) is 0. The van der Waals surface area contributed by atoms with Gasteiger partial charge in [0.15, 0.2) is 0 Å². The van der Waals surface area contributed by atoms with Gasteiger partial charge in [0.1, 0.15) is 0 Å². The van der Waals surface area contributed by atoms with Crippen molar-refractivity contribution in [3.63, 3.8) is 0 Å². The van der Waals surface area contributed by atoms with Gasteiger partial charge in [0.05, 0.1) is 0 Å². The van der Waals surface area contributed by atoms with Crippen LogP contribution in [0.3, 0.4) is 0 Å². The van der Waals surface area contributed by atoms with E-state index in [0.717, 1.165) is 12.8 Å². The fraction of sp³-hybridized carbons (Fsp3) is 0.958. The van der Waals surface area contributed by atoms with Crippen LogP contribution in [0, 0.1) is 5.92 Å². The molecule has 1 fully saturated rings. The van der Waals surface area contributed by atoms with E-state index >= 15 is 0 Å². The number of unbranched alkanes of at least 4 members (excludes halogenated alkanes) is 13. The van der Waals surface area contributed by atoms with Crippen molar-refractivity contribution in [3.05, 3.63) is 0 Å². The third-order valence-corrected chi connectivity index (χ3v) is 5.57. The van der Waals surface area contributed by atoms with E-state index < -0.39 is 5.97 Å². The van der Waals surface area contributed by atoms with Gasteiger partial charge in [-0.3, -0.25) is 4.79 Å². The van der Waals surface area contributed by atoms with Crippen molar-refractivity contribution in [1.29, 1.82) is 0 Å². The summed E-state index contributed by atoms with van der Waals surface area (Å²) in [6.45, 7) is 9.88. The third kappa shape index (κ3) is 21.6. The number of carboxylic acids is 1. The molecule has 3 nitrogen and oxygen atoms in total. The van der Waals surface area contributed by atoms with Crippen LogP contribution in [0.5, 0.6) is 0 Å². The van der Waals surface area contributed by atoms with Gasteiger partial charge in [0.2, 0.25) is 0 Å². The van der Waals surface area contributed by atoms with Crippen molar-refractivity contribution in [2.75, 3.05) is 19.6 Å². The van der Waals surface area contributed by atoms with Crippen molar-refractivity contribution in [3.8, 4) is 0 Å². The molecule has 1 aliphatic rings. The number of hydrogen-bond donors (Lipinski definition) is 1. The highest BCUT2D eigenvalue weighted by molar-refractivity contribution is 5.62. The lowest BCUT2D eigenvalue weighted by atomic mass is 10.00. The van der Waals surface area contributed by atoms with Crippen LogP contribution >= 0.6 is 0 Å². The zero-order valence-corrected chi connectivity index (χ0v) is 18.8. The summed E-state index contributed by atoms with van der Waals surface area (Å²) in [5, 5.41) is 7.42. The average Bonchev–Trinajstić information content (AvgIpc) is 2.61. The second kappa shape index (κ2) is 20.2. The Morgan fingerprint density at radius 3 is 1.67 bits per heavy atom. The topological polar surface area (TPSA) is 40.5 Å². The molecular formula is C24H49NO2. The molecule has 27 heavy (non-hydrogen) atoms. The number of nitrogens with zero attached hydrogens (tertiary/aromatic N) is 1. The van der Waals surface area contributed by atoms with Gasteiger partial charge < -0.3 is 10.0 Å². The molecule has 0 radical (unpaired) electrons. The third-order valence-electron chi connectivity index (χ3n) is 5.57. The smallest absolute Gasteiger partial charge is 0.300 e. The monoisotopic (exact) mass is 383 g/mol. The molecule has 0 aromatic carbocycles. The largest absolute Gasteiger partial charge is 0.481 e. The second-order valence-electron chi connectivity index (χ2n) is 8.66. The maximum atomic E-state index is 9.00. The van der Waals surface area contributed by atoms with Crippen molar-refractivity contribution < 1.29 is 9.90 Å². The Morgan fingerprint density at radius 2 is 1.26 bits per heavy atom. The van der Waals surface area contributed by atoms with Crippen LogP contribution in [0.25, 0.3) is 0 Å². The molecule has 1 saturated heterocycles. The molecule has 1 aliphatic heterocycles. The van der Waals surface area contributed by atoms with Gasteiger partial charge in [-0.1, -0.05) is 97.3 Å². The summed E-state index contributed by atoms with van der Waals surface area (Å²) in [5.74, 6) is 0.107. The quantitative estimate of drug-likeness (QED) is 0.302. The summed E-state index contributed by atoms with van der Waals surface area (Å²) in [7, 11) is 0. The number of rotatable bonds is 15. The summed E-state index contributed by atoms with van der Waals surface area (Å²) in [6.07, 6.45) is 23.4. The molecule has 1 heterocycles. The molecule has 1 N–H and O–H groups in total. The molecule has 0 spiro atoms. The Kier molecular flexibility index (Phi) is 19.7. The van der Waals surface area contributed by atoms with Gasteiger partial charge in [-0.25, -0.2) is 0 Å². The fourth-order valence-corrected chi connectivity index (χ4v) is 4.02. The molecule has 1 atom stereocenters. The van der Waals surface area contributed by atoms with Gasteiger partial charge in [-0.15, -0.1) is 0 Å². The van der Waals surface area contributed by atoms with E-state index in [-0.39, 0.29) is 0 Å². The van der Waals surface area contributed by atoms with Crippen LogP contribution in [0.4, 0.5) is 0 Å². The number of carboxylic acid groups (broad SMARTS) is 1. The molecule has 0 amide bonds. The standard InChI is InChI=1S/C22H45N.C2H4O2/c1-3-4-5-6-7-8-9-10-11-12-13-14-15-16-19-23-20-17-18-22(2)21-23;1-2(3)4/h22H,3-21H2,1-2H3;1H3,(H,3,4). The van der Waals surface area contributed by atoms with E-state index in [2.05, 4.69) is 18.7 Å². The molecule has 0 aromatic heterocycles. The number of likely N-dealkylation sites (tertiary alicyclic amines) is 1. The number of piperidine rings is 1. The van der Waals surface area contributed by atoms with Gasteiger partial charge in [0.25, 0.3) is 5.97 Å². The molecular weight excluding hydrogens is 334 g/mol. The molecule has 1 unspecified atom stereocenters. The Balaban J connectivity index is 0.00000153. The Hall–Kier alpha value is -0.570. The van der Waals surface area contributed by atoms with E-state index in [0.29, 0.717) is 0 Å². The molecule has 0 aliphatic carbocycles. The van der Waals surface area contributed by atoms with Crippen LogP contribution in [0.15, 0.2) is 0 Å². The number of hydrogen-bond acceptors (Lipinski definition) is 2. The van der Waals surface area contributed by atoms with Crippen molar-refractivity contribution in [2.24, 2.45) is 5.92 Å². The van der Waals surface area contributed by atoms with E-state index in [1.807, 2.05) is 0 Å². The summed E-state index contributed by atoms with van der Waals surface area (Å²) >= 11 is 0. The van der Waals surface area contributed by atoms with Gasteiger partial charge in [-0.05, 0) is 38.3 Å². The lowest BCUT2D eigenvalue weighted by Gasteiger charge is -2.30. The summed E-state index contributed by atoms with van der Waals surface area (Å²) in [6, 6.07) is 0. The summed E-state index contributed by atoms with van der Waals surface area (Å²) < 4.78 is 0. The lowest BCUT2D eigenvalue weighted by molar-refractivity contribution is -0.134. The fourth-order valence-electron chi connectivity index (χ4n) is 4.02. The van der Waals surface area contributed by atoms with Crippen molar-refractivity contribution >= 4 is 5.97 Å². The van der Waals surface area contributed by atoms with Crippen LogP contribution in [0.1, 0.15) is 124 Å². The molecule has 0 bridgehead atoms. The normalized spacial score (nSPS) is 17.4. The van der Waals surface area contributed by atoms with Crippen molar-refractivity contribution in [2.45, 2.75) is 124 Å². The highest BCUT2D eigenvalue weighted by atomic mass is 16.4. The zero-order chi connectivity index (χ0) is 20.2. The average molecular weight is 384 g/mol. The molecule has 1 rings (SSSR count). The van der Waals surface area contributed by atoms with E-state index in [9.17, 15) is 0 Å². The van der Waals surface area contributed by atoms with Crippen LogP contribution in [0.2, 0.25) is 0 Å². The van der Waals surface area contributed by atoms with E-state index in [4.69, 9.17) is 9.90 Å². The van der Waals surface area contributed by atoms with Gasteiger partial charge in [-0.2, -0.15) is 0 Å². The first kappa shape index (κ1) is 26.4. The van der Waals surface area contributed by atoms with Crippen LogP contribution in [-0.2, 0) is 4.79 Å². The maximum absolute atomic E-state index is 9.00. The molecule has 0 aromatic rings. The minimum atomic E-state index is -0.833. The first-order valence-corrected chi connectivity index (χ1v) is 12.0. The first-order valence-electron chi connectivity index (χ1n) is 12.0. The zero-order valence-electron chi connectivity index (χ0n) is 18.8. The Morgan fingerprint density at radius 1 is 0.852 bits per heavy atom. The highest BCUT2D eigenvalue weighted by Gasteiger charge is 2.14. The van der Waals surface area contributed by atoms with Gasteiger partial charge >= 0.3 is 0 Å². The molecule has 3 heteroatoms. The molecule has 0 saturated carbocycles.